The maximum Gasteiger partial charge on any atom is 0.193 e. The molecule has 0 saturated heterocycles. The third-order valence-corrected chi connectivity index (χ3v) is 4.28. The maximum absolute atomic E-state index is 4.58. The molecule has 2 aromatic heterocycles. The fourth-order valence-corrected chi connectivity index (χ4v) is 2.97. The third kappa shape index (κ3) is 5.96. The first kappa shape index (κ1) is 22.4. The van der Waals surface area contributed by atoms with Crippen molar-refractivity contribution in [2.75, 3.05) is 20.6 Å². The standard InChI is InChI=1S/C19H30N6.HI/c1-14(2)18-17(13-25(6)23-18)12-24(5)19(20-4)22-10-8-16-7-9-21-11-15(16)3;/h7,9,11,13-14H,8,10,12H2,1-6H3,(H,20,22);1H. The Morgan fingerprint density at radius 1 is 1.35 bits per heavy atom. The summed E-state index contributed by atoms with van der Waals surface area (Å²) in [5.74, 6) is 1.31. The molecule has 0 fully saturated rings. The van der Waals surface area contributed by atoms with Gasteiger partial charge in [-0.05, 0) is 36.5 Å². The Labute approximate surface area is 174 Å². The van der Waals surface area contributed by atoms with Gasteiger partial charge in [-0.1, -0.05) is 13.8 Å². The van der Waals surface area contributed by atoms with Gasteiger partial charge in [-0.25, -0.2) is 0 Å². The minimum absolute atomic E-state index is 0. The molecule has 2 heterocycles. The number of nitrogens with zero attached hydrogens (tertiary/aromatic N) is 5. The molecule has 0 unspecified atom stereocenters. The number of nitrogens with one attached hydrogen (secondary N) is 1. The minimum Gasteiger partial charge on any atom is -0.356 e. The monoisotopic (exact) mass is 470 g/mol. The van der Waals surface area contributed by atoms with Crippen LogP contribution in [0.15, 0.2) is 29.6 Å². The van der Waals surface area contributed by atoms with Gasteiger partial charge in [0.1, 0.15) is 0 Å². The number of aromatic nitrogens is 3. The summed E-state index contributed by atoms with van der Waals surface area (Å²) in [6, 6.07) is 2.08. The van der Waals surface area contributed by atoms with Crippen molar-refractivity contribution in [3.8, 4) is 0 Å². The first-order valence-electron chi connectivity index (χ1n) is 8.76. The average molecular weight is 470 g/mol. The van der Waals surface area contributed by atoms with Crippen LogP contribution in [0.4, 0.5) is 0 Å². The Morgan fingerprint density at radius 2 is 2.08 bits per heavy atom. The van der Waals surface area contributed by atoms with Gasteiger partial charge in [0.15, 0.2) is 5.96 Å². The maximum atomic E-state index is 4.58. The Morgan fingerprint density at radius 3 is 2.69 bits per heavy atom. The second-order valence-electron chi connectivity index (χ2n) is 6.75. The molecule has 0 aliphatic heterocycles. The van der Waals surface area contributed by atoms with Gasteiger partial charge in [-0.3, -0.25) is 14.7 Å². The van der Waals surface area contributed by atoms with E-state index in [2.05, 4.69) is 65.4 Å². The second-order valence-corrected chi connectivity index (χ2v) is 6.75. The van der Waals surface area contributed by atoms with Crippen molar-refractivity contribution in [2.45, 2.75) is 39.7 Å². The summed E-state index contributed by atoms with van der Waals surface area (Å²) in [6.45, 7) is 8.08. The lowest BCUT2D eigenvalue weighted by Crippen LogP contribution is -2.39. The van der Waals surface area contributed by atoms with Gasteiger partial charge in [0.25, 0.3) is 0 Å². The molecule has 26 heavy (non-hydrogen) atoms. The lowest BCUT2D eigenvalue weighted by Gasteiger charge is -2.22. The zero-order valence-corrected chi connectivity index (χ0v) is 19.0. The first-order valence-corrected chi connectivity index (χ1v) is 8.76. The SMILES string of the molecule is CN=C(NCCc1ccncc1C)N(C)Cc1cn(C)nc1C(C)C.I. The van der Waals surface area contributed by atoms with Crippen LogP contribution in [0.5, 0.6) is 0 Å². The smallest absolute Gasteiger partial charge is 0.193 e. The number of hydrogen-bond donors (Lipinski definition) is 1. The number of guanidine groups is 1. The molecule has 6 nitrogen and oxygen atoms in total. The summed E-state index contributed by atoms with van der Waals surface area (Å²) < 4.78 is 1.89. The minimum atomic E-state index is 0. The van der Waals surface area contributed by atoms with Gasteiger partial charge in [-0.15, -0.1) is 24.0 Å². The number of aryl methyl sites for hydroxylation is 2. The van der Waals surface area contributed by atoms with E-state index in [0.717, 1.165) is 31.2 Å². The molecule has 0 aliphatic carbocycles. The quantitative estimate of drug-likeness (QED) is 0.401. The molecule has 0 saturated carbocycles. The van der Waals surface area contributed by atoms with Crippen molar-refractivity contribution >= 4 is 29.9 Å². The number of aliphatic imine (C=N–C) groups is 1. The van der Waals surface area contributed by atoms with Crippen LogP contribution in [0.3, 0.4) is 0 Å². The van der Waals surface area contributed by atoms with E-state index in [4.69, 9.17) is 0 Å². The van der Waals surface area contributed by atoms with Gasteiger partial charge >= 0.3 is 0 Å². The average Bonchev–Trinajstić information content (AvgIpc) is 2.93. The summed E-state index contributed by atoms with van der Waals surface area (Å²) in [5, 5.41) is 8.03. The van der Waals surface area contributed by atoms with Crippen molar-refractivity contribution in [1.29, 1.82) is 0 Å². The second kappa shape index (κ2) is 10.5. The Kier molecular flexibility index (Phi) is 9.04. The summed E-state index contributed by atoms with van der Waals surface area (Å²) in [6.07, 6.45) is 6.80. The molecule has 144 valence electrons. The Bertz CT molecular complexity index is 723. The van der Waals surface area contributed by atoms with E-state index in [1.807, 2.05) is 31.2 Å². The predicted molar refractivity (Wildman–Crippen MR) is 118 cm³/mol. The summed E-state index contributed by atoms with van der Waals surface area (Å²) in [4.78, 5) is 10.7. The molecule has 0 radical (unpaired) electrons. The number of rotatable bonds is 6. The van der Waals surface area contributed by atoms with Crippen LogP contribution in [-0.2, 0) is 20.0 Å². The van der Waals surface area contributed by atoms with Crippen molar-refractivity contribution in [3.63, 3.8) is 0 Å². The van der Waals surface area contributed by atoms with E-state index in [0.29, 0.717) is 5.92 Å². The first-order chi connectivity index (χ1) is 11.9. The molecule has 0 atom stereocenters. The molecule has 0 aliphatic rings. The highest BCUT2D eigenvalue weighted by atomic mass is 127. The highest BCUT2D eigenvalue weighted by Gasteiger charge is 2.15. The number of hydrogen-bond acceptors (Lipinski definition) is 3. The van der Waals surface area contributed by atoms with Crippen LogP contribution in [0.1, 0.15) is 42.1 Å². The molecule has 1 N–H and O–H groups in total. The van der Waals surface area contributed by atoms with Crippen LogP contribution >= 0.6 is 24.0 Å². The highest BCUT2D eigenvalue weighted by Crippen LogP contribution is 2.18. The van der Waals surface area contributed by atoms with Crippen LogP contribution in [0, 0.1) is 6.92 Å². The molecule has 0 amide bonds. The number of halogens is 1. The van der Waals surface area contributed by atoms with Gasteiger partial charge < -0.3 is 10.2 Å². The van der Waals surface area contributed by atoms with Crippen LogP contribution in [-0.4, -0.2) is 46.3 Å². The van der Waals surface area contributed by atoms with E-state index < -0.39 is 0 Å². The summed E-state index contributed by atoms with van der Waals surface area (Å²) in [5.41, 5.74) is 4.93. The molecule has 0 aromatic carbocycles. The topological polar surface area (TPSA) is 58.3 Å². The Hall–Kier alpha value is -1.64. The van der Waals surface area contributed by atoms with Crippen LogP contribution < -0.4 is 5.32 Å². The zero-order valence-electron chi connectivity index (χ0n) is 16.7. The van der Waals surface area contributed by atoms with E-state index in [9.17, 15) is 0 Å². The normalized spacial score (nSPS) is 11.4. The van der Waals surface area contributed by atoms with Gasteiger partial charge in [-0.2, -0.15) is 5.10 Å². The number of pyridine rings is 1. The van der Waals surface area contributed by atoms with Gasteiger partial charge in [0.2, 0.25) is 0 Å². The van der Waals surface area contributed by atoms with Crippen molar-refractivity contribution in [3.05, 3.63) is 47.0 Å². The molecule has 2 aromatic rings. The van der Waals surface area contributed by atoms with Gasteiger partial charge in [0.05, 0.1) is 5.69 Å². The fraction of sp³-hybridized carbons (Fsp3) is 0.526. The van der Waals surface area contributed by atoms with Crippen molar-refractivity contribution in [2.24, 2.45) is 12.0 Å². The van der Waals surface area contributed by atoms with Crippen molar-refractivity contribution in [1.82, 2.24) is 25.0 Å². The Balaban J connectivity index is 0.00000338. The lowest BCUT2D eigenvalue weighted by atomic mass is 10.1. The molecule has 0 spiro atoms. The summed E-state index contributed by atoms with van der Waals surface area (Å²) in [7, 11) is 5.85. The van der Waals surface area contributed by atoms with Crippen LogP contribution in [0.25, 0.3) is 0 Å². The van der Waals surface area contributed by atoms with E-state index in [1.165, 1.54) is 16.7 Å². The fourth-order valence-electron chi connectivity index (χ4n) is 2.97. The van der Waals surface area contributed by atoms with Crippen molar-refractivity contribution < 1.29 is 0 Å². The summed E-state index contributed by atoms with van der Waals surface area (Å²) >= 11 is 0. The van der Waals surface area contributed by atoms with E-state index >= 15 is 0 Å². The highest BCUT2D eigenvalue weighted by molar-refractivity contribution is 14.0. The van der Waals surface area contributed by atoms with Crippen LogP contribution in [0.2, 0.25) is 0 Å². The molecule has 2 rings (SSSR count). The van der Waals surface area contributed by atoms with Gasteiger partial charge in [0, 0.05) is 58.4 Å². The third-order valence-electron chi connectivity index (χ3n) is 4.28. The van der Waals surface area contributed by atoms with E-state index in [-0.39, 0.29) is 24.0 Å². The predicted octanol–water partition coefficient (Wildman–Crippen LogP) is 3.11. The lowest BCUT2D eigenvalue weighted by molar-refractivity contribution is 0.474. The molecular weight excluding hydrogens is 439 g/mol. The molecule has 7 heteroatoms. The zero-order chi connectivity index (χ0) is 18.4. The van der Waals surface area contributed by atoms with E-state index in [1.54, 1.807) is 0 Å². The molecular formula is C19H31IN6. The largest absolute Gasteiger partial charge is 0.356 e. The molecule has 0 bridgehead atoms.